The fourth-order valence-corrected chi connectivity index (χ4v) is 2.69. The second-order valence-corrected chi connectivity index (χ2v) is 6.28. The summed E-state index contributed by atoms with van der Waals surface area (Å²) in [5.41, 5.74) is 5.49. The number of nitrogen functional groups attached to an aromatic ring is 1. The maximum atomic E-state index is 13.1. The number of benzene rings is 1. The molecule has 0 saturated carbocycles. The Morgan fingerprint density at radius 2 is 1.83 bits per heavy atom. The summed E-state index contributed by atoms with van der Waals surface area (Å²) in [7, 11) is 0. The smallest absolute Gasteiger partial charge is 0.253 e. The van der Waals surface area contributed by atoms with Crippen LogP contribution in [0.4, 0.5) is 21.6 Å². The largest absolute Gasteiger partial charge is 0.397 e. The zero-order valence-corrected chi connectivity index (χ0v) is 16.3. The first kappa shape index (κ1) is 22.0. The highest BCUT2D eigenvalue weighted by Gasteiger charge is 2.17. The second-order valence-electron chi connectivity index (χ2n) is 6.28. The van der Waals surface area contributed by atoms with Crippen molar-refractivity contribution in [2.24, 2.45) is 0 Å². The molecule has 8 heteroatoms. The number of hydrogen-bond donors (Lipinski definition) is 3. The van der Waals surface area contributed by atoms with Gasteiger partial charge in [-0.3, -0.25) is 9.59 Å². The van der Waals surface area contributed by atoms with Crippen LogP contribution in [0, 0.1) is 5.82 Å². The summed E-state index contributed by atoms with van der Waals surface area (Å²) in [6.07, 6.45) is 2.42. The quantitative estimate of drug-likeness (QED) is 0.391. The van der Waals surface area contributed by atoms with Gasteiger partial charge in [-0.15, -0.1) is 0 Å². The lowest BCUT2D eigenvalue weighted by atomic mass is 10.2. The molecule has 0 amide bonds. The average Bonchev–Trinajstić information content (AvgIpc) is 2.74. The molecule has 29 heavy (non-hydrogen) atoms. The normalized spacial score (nSPS) is 10.3. The Kier molecular flexibility index (Phi) is 8.29. The van der Waals surface area contributed by atoms with E-state index in [0.717, 1.165) is 11.4 Å². The van der Waals surface area contributed by atoms with Crippen molar-refractivity contribution in [3.63, 3.8) is 0 Å². The molecule has 0 bridgehead atoms. The average molecular weight is 400 g/mol. The predicted octanol–water partition coefficient (Wildman–Crippen LogP) is 1.91. The lowest BCUT2D eigenvalue weighted by Gasteiger charge is -2.24. The van der Waals surface area contributed by atoms with E-state index in [9.17, 15) is 14.0 Å². The van der Waals surface area contributed by atoms with Crippen LogP contribution in [0.15, 0.2) is 58.3 Å². The molecule has 0 fully saturated rings. The van der Waals surface area contributed by atoms with Gasteiger partial charge in [-0.25, -0.2) is 9.37 Å². The number of halogens is 1. The number of nitrogens with two attached hydrogens (primary N) is 1. The molecule has 3 aromatic rings. The van der Waals surface area contributed by atoms with Crippen LogP contribution in [0.1, 0.15) is 18.9 Å². The fourth-order valence-electron chi connectivity index (χ4n) is 2.69. The summed E-state index contributed by atoms with van der Waals surface area (Å²) in [6, 6.07) is 12.0. The SMILES string of the molecule is CCO.Nc1c(NCCCN(Cc2ccc(F)cc2)c2ccccn2)c(=O)c1=O. The van der Waals surface area contributed by atoms with Gasteiger partial charge < -0.3 is 21.1 Å². The van der Waals surface area contributed by atoms with Gasteiger partial charge in [0.05, 0.1) is 0 Å². The van der Waals surface area contributed by atoms with Gasteiger partial charge in [-0.05, 0) is 43.2 Å². The molecule has 4 N–H and O–H groups in total. The molecule has 0 saturated heterocycles. The molecular weight excluding hydrogens is 375 g/mol. The van der Waals surface area contributed by atoms with E-state index in [1.807, 2.05) is 18.2 Å². The van der Waals surface area contributed by atoms with Gasteiger partial charge in [0, 0.05) is 32.4 Å². The van der Waals surface area contributed by atoms with Gasteiger partial charge in [0.2, 0.25) is 0 Å². The van der Waals surface area contributed by atoms with E-state index in [0.29, 0.717) is 26.1 Å². The molecule has 0 aliphatic rings. The number of pyridine rings is 1. The van der Waals surface area contributed by atoms with Crippen LogP contribution in [-0.4, -0.2) is 29.8 Å². The van der Waals surface area contributed by atoms with Gasteiger partial charge >= 0.3 is 0 Å². The molecule has 0 spiro atoms. The first-order valence-corrected chi connectivity index (χ1v) is 9.31. The molecule has 0 atom stereocenters. The molecular formula is C21H25FN4O3. The van der Waals surface area contributed by atoms with Crippen LogP contribution >= 0.6 is 0 Å². The van der Waals surface area contributed by atoms with Crippen molar-refractivity contribution in [3.05, 3.63) is 80.5 Å². The Morgan fingerprint density at radius 3 is 2.41 bits per heavy atom. The summed E-state index contributed by atoms with van der Waals surface area (Å²) in [5.74, 6) is 0.540. The number of anilines is 3. The van der Waals surface area contributed by atoms with Crippen LogP contribution in [0.25, 0.3) is 0 Å². The summed E-state index contributed by atoms with van der Waals surface area (Å²) in [4.78, 5) is 28.9. The standard InChI is InChI=1S/C19H19FN4O2.C2H6O/c20-14-7-5-13(6-8-14)12-24(15-4-1-2-9-22-15)11-3-10-23-17-16(21)18(25)19(17)26;1-2-3/h1-2,4-9,23H,3,10-12,21H2;3H,2H2,1H3. The molecule has 1 aromatic heterocycles. The Hall–Kier alpha value is -3.26. The Balaban J connectivity index is 0.000000941. The minimum atomic E-state index is -0.626. The molecule has 0 aliphatic carbocycles. The van der Waals surface area contributed by atoms with E-state index < -0.39 is 10.9 Å². The van der Waals surface area contributed by atoms with E-state index in [2.05, 4.69) is 15.2 Å². The number of nitrogens with one attached hydrogen (secondary N) is 1. The number of aliphatic hydroxyl groups excluding tert-OH is 1. The summed E-state index contributed by atoms with van der Waals surface area (Å²) >= 11 is 0. The number of hydrogen-bond acceptors (Lipinski definition) is 7. The Morgan fingerprint density at radius 1 is 1.14 bits per heavy atom. The highest BCUT2D eigenvalue weighted by Crippen LogP contribution is 2.15. The minimum absolute atomic E-state index is 0.00268. The molecule has 3 rings (SSSR count). The van der Waals surface area contributed by atoms with Gasteiger partial charge in [-0.2, -0.15) is 0 Å². The van der Waals surface area contributed by atoms with Gasteiger partial charge in [0.25, 0.3) is 10.9 Å². The van der Waals surface area contributed by atoms with Crippen molar-refractivity contribution >= 4 is 17.2 Å². The maximum Gasteiger partial charge on any atom is 0.253 e. The van der Waals surface area contributed by atoms with Crippen LogP contribution in [-0.2, 0) is 6.54 Å². The second kappa shape index (κ2) is 10.9. The van der Waals surface area contributed by atoms with Crippen molar-refractivity contribution in [2.75, 3.05) is 35.6 Å². The Labute approximate surface area is 168 Å². The number of rotatable bonds is 8. The first-order chi connectivity index (χ1) is 14.0. The third-order valence-electron chi connectivity index (χ3n) is 4.11. The van der Waals surface area contributed by atoms with Crippen molar-refractivity contribution in [2.45, 2.75) is 19.9 Å². The van der Waals surface area contributed by atoms with E-state index >= 15 is 0 Å². The van der Waals surface area contributed by atoms with Crippen LogP contribution < -0.4 is 26.8 Å². The van der Waals surface area contributed by atoms with Gasteiger partial charge in [0.1, 0.15) is 23.0 Å². The predicted molar refractivity (Wildman–Crippen MR) is 113 cm³/mol. The molecule has 154 valence electrons. The third-order valence-corrected chi connectivity index (χ3v) is 4.11. The van der Waals surface area contributed by atoms with Gasteiger partial charge in [-0.1, -0.05) is 18.2 Å². The van der Waals surface area contributed by atoms with Crippen molar-refractivity contribution in [1.29, 1.82) is 0 Å². The highest BCUT2D eigenvalue weighted by atomic mass is 19.1. The lowest BCUT2D eigenvalue weighted by Crippen LogP contribution is -2.37. The summed E-state index contributed by atoms with van der Waals surface area (Å²) in [6.45, 7) is 3.68. The van der Waals surface area contributed by atoms with Crippen LogP contribution in [0.3, 0.4) is 0 Å². The zero-order chi connectivity index (χ0) is 21.2. The molecule has 0 aliphatic heterocycles. The molecule has 0 unspecified atom stereocenters. The Bertz CT molecular complexity index is 954. The molecule has 2 aromatic carbocycles. The summed E-state index contributed by atoms with van der Waals surface area (Å²) in [5, 5.41) is 10.5. The van der Waals surface area contributed by atoms with Gasteiger partial charge in [0.15, 0.2) is 0 Å². The van der Waals surface area contributed by atoms with Crippen LogP contribution in [0.2, 0.25) is 0 Å². The number of aromatic nitrogens is 1. The zero-order valence-electron chi connectivity index (χ0n) is 16.3. The number of nitrogens with zero attached hydrogens (tertiary/aromatic N) is 2. The summed E-state index contributed by atoms with van der Waals surface area (Å²) < 4.78 is 13.1. The van der Waals surface area contributed by atoms with Crippen LogP contribution in [0.5, 0.6) is 0 Å². The minimum Gasteiger partial charge on any atom is -0.397 e. The van der Waals surface area contributed by atoms with Crippen molar-refractivity contribution in [1.82, 2.24) is 4.98 Å². The van der Waals surface area contributed by atoms with E-state index in [1.165, 1.54) is 12.1 Å². The maximum absolute atomic E-state index is 13.1. The fraction of sp³-hybridized carbons (Fsp3) is 0.286. The molecule has 7 nitrogen and oxygen atoms in total. The van der Waals surface area contributed by atoms with Crippen molar-refractivity contribution < 1.29 is 9.50 Å². The number of aliphatic hydroxyl groups is 1. The van der Waals surface area contributed by atoms with Crippen molar-refractivity contribution in [3.8, 4) is 0 Å². The van der Waals surface area contributed by atoms with E-state index in [-0.39, 0.29) is 23.8 Å². The molecule has 0 radical (unpaired) electrons. The monoisotopic (exact) mass is 400 g/mol. The van der Waals surface area contributed by atoms with E-state index in [1.54, 1.807) is 25.3 Å². The molecule has 1 heterocycles. The topological polar surface area (TPSA) is 109 Å². The lowest BCUT2D eigenvalue weighted by molar-refractivity contribution is 0.318. The highest BCUT2D eigenvalue weighted by molar-refractivity contribution is 5.71. The van der Waals surface area contributed by atoms with E-state index in [4.69, 9.17) is 10.8 Å². The first-order valence-electron chi connectivity index (χ1n) is 9.31. The third kappa shape index (κ3) is 6.11.